The zero-order valence-corrected chi connectivity index (χ0v) is 27.3. The second-order valence-corrected chi connectivity index (χ2v) is 13.4. The number of carbonyl (C=O) groups is 3. The number of benzene rings is 2. The van der Waals surface area contributed by atoms with E-state index in [9.17, 15) is 28.1 Å². The molecule has 1 aliphatic carbocycles. The van der Waals surface area contributed by atoms with Crippen LogP contribution in [0.2, 0.25) is 5.02 Å². The standard InChI is InChI=1S/C30H33ClN10O6S/c31-20-14-19(17-32)24-16-28(41-11-9-35-10-12-41)30(25(24)15-20)47-22-4-6-23(7-5-22)48(45,46)36-18-27(38-40-34)29(44)26(37-39-33)8-3-21(43)2-1-13-42/h4-7,13-15,26-28,30,35-36H,1-3,8-12,16,18H2/t26?,27?,28-,30-/m0/s1. The molecule has 252 valence electrons. The molecule has 2 unspecified atom stereocenters. The van der Waals surface area contributed by atoms with Gasteiger partial charge in [0.2, 0.25) is 10.0 Å². The van der Waals surface area contributed by atoms with E-state index in [4.69, 9.17) is 27.4 Å². The molecule has 0 bridgehead atoms. The molecule has 2 aliphatic rings. The summed E-state index contributed by atoms with van der Waals surface area (Å²) in [6, 6.07) is 8.27. The average molecular weight is 697 g/mol. The van der Waals surface area contributed by atoms with Crippen molar-refractivity contribution < 1.29 is 27.5 Å². The average Bonchev–Trinajstić information content (AvgIpc) is 3.45. The first-order valence-electron chi connectivity index (χ1n) is 15.1. The van der Waals surface area contributed by atoms with Crippen LogP contribution in [0.5, 0.6) is 5.75 Å². The van der Waals surface area contributed by atoms with Crippen molar-refractivity contribution in [1.29, 1.82) is 5.26 Å². The molecule has 16 nitrogen and oxygen atoms in total. The lowest BCUT2D eigenvalue weighted by Gasteiger charge is -2.36. The van der Waals surface area contributed by atoms with E-state index in [1.807, 2.05) is 0 Å². The largest absolute Gasteiger partial charge is 0.484 e. The summed E-state index contributed by atoms with van der Waals surface area (Å²) in [5.41, 5.74) is 20.1. The minimum absolute atomic E-state index is 0.0127. The highest BCUT2D eigenvalue weighted by atomic mass is 35.5. The Morgan fingerprint density at radius 1 is 1.15 bits per heavy atom. The fourth-order valence-electron chi connectivity index (χ4n) is 5.80. The first kappa shape index (κ1) is 36.3. The van der Waals surface area contributed by atoms with Gasteiger partial charge in [0.05, 0.1) is 28.6 Å². The number of rotatable bonds is 17. The number of aldehydes is 1. The van der Waals surface area contributed by atoms with Gasteiger partial charge in [0.25, 0.3) is 0 Å². The van der Waals surface area contributed by atoms with Gasteiger partial charge in [0, 0.05) is 66.8 Å². The number of sulfonamides is 1. The van der Waals surface area contributed by atoms with Crippen molar-refractivity contribution in [2.24, 2.45) is 10.2 Å². The number of hydrogen-bond donors (Lipinski definition) is 2. The van der Waals surface area contributed by atoms with Crippen LogP contribution < -0.4 is 14.8 Å². The third-order valence-corrected chi connectivity index (χ3v) is 9.86. The summed E-state index contributed by atoms with van der Waals surface area (Å²) >= 11 is 6.35. The first-order chi connectivity index (χ1) is 23.1. The molecule has 0 spiro atoms. The van der Waals surface area contributed by atoms with Crippen LogP contribution in [0.25, 0.3) is 20.9 Å². The molecular weight excluding hydrogens is 664 g/mol. The van der Waals surface area contributed by atoms with Crippen molar-refractivity contribution in [3.05, 3.63) is 79.0 Å². The summed E-state index contributed by atoms with van der Waals surface area (Å²) in [7, 11) is -4.22. The Bertz CT molecular complexity index is 1760. The molecule has 1 aliphatic heterocycles. The zero-order chi connectivity index (χ0) is 34.7. The molecule has 0 radical (unpaired) electrons. The van der Waals surface area contributed by atoms with Crippen LogP contribution in [0.1, 0.15) is 48.5 Å². The van der Waals surface area contributed by atoms with Crippen molar-refractivity contribution >= 4 is 39.5 Å². The molecule has 18 heteroatoms. The molecule has 2 aromatic carbocycles. The number of nitrogens with one attached hydrogen (secondary N) is 2. The van der Waals surface area contributed by atoms with Crippen LogP contribution in [-0.2, 0) is 30.8 Å². The molecule has 4 rings (SSSR count). The van der Waals surface area contributed by atoms with E-state index in [1.165, 1.54) is 24.3 Å². The predicted molar refractivity (Wildman–Crippen MR) is 174 cm³/mol. The van der Waals surface area contributed by atoms with Gasteiger partial charge in [-0.05, 0) is 71.4 Å². The van der Waals surface area contributed by atoms with Crippen LogP contribution in [0.15, 0.2) is 51.5 Å². The number of hydrogen-bond acceptors (Lipinski definition) is 11. The highest BCUT2D eigenvalue weighted by Crippen LogP contribution is 2.41. The van der Waals surface area contributed by atoms with Gasteiger partial charge in [-0.25, -0.2) is 13.1 Å². The molecule has 0 aromatic heterocycles. The minimum atomic E-state index is -4.22. The Hall–Kier alpha value is -4.52. The second kappa shape index (κ2) is 17.0. The summed E-state index contributed by atoms with van der Waals surface area (Å²) < 4.78 is 35.0. The number of fused-ring (bicyclic) bond motifs is 1. The second-order valence-electron chi connectivity index (χ2n) is 11.2. The van der Waals surface area contributed by atoms with Crippen LogP contribution in [0, 0.1) is 11.3 Å². The molecule has 1 saturated heterocycles. The van der Waals surface area contributed by atoms with Gasteiger partial charge in [0.15, 0.2) is 5.78 Å². The summed E-state index contributed by atoms with van der Waals surface area (Å²) in [4.78, 5) is 42.8. The van der Waals surface area contributed by atoms with Crippen LogP contribution >= 0.6 is 11.6 Å². The quantitative estimate of drug-likeness (QED) is 0.106. The number of nitriles is 1. The number of ketones is 2. The Balaban J connectivity index is 1.47. The van der Waals surface area contributed by atoms with Gasteiger partial charge in [-0.2, -0.15) is 5.26 Å². The molecule has 2 N–H and O–H groups in total. The topological polar surface area (TPSA) is 243 Å². The molecule has 48 heavy (non-hydrogen) atoms. The molecule has 2 aromatic rings. The number of carbonyl (C=O) groups excluding carboxylic acids is 3. The lowest BCUT2D eigenvalue weighted by atomic mass is 9.99. The van der Waals surface area contributed by atoms with Gasteiger partial charge in [-0.15, -0.1) is 0 Å². The number of piperazine rings is 1. The van der Waals surface area contributed by atoms with Crippen molar-refractivity contribution in [3.8, 4) is 11.8 Å². The van der Waals surface area contributed by atoms with Crippen molar-refractivity contribution in [2.75, 3.05) is 32.7 Å². The monoisotopic (exact) mass is 696 g/mol. The third kappa shape index (κ3) is 9.09. The predicted octanol–water partition coefficient (Wildman–Crippen LogP) is 3.70. The van der Waals surface area contributed by atoms with Crippen molar-refractivity contribution in [3.63, 3.8) is 0 Å². The van der Waals surface area contributed by atoms with Gasteiger partial charge in [-0.1, -0.05) is 21.8 Å². The number of ether oxygens (including phenoxy) is 1. The SMILES string of the molecule is N#Cc1cc(Cl)cc2c1C[C@H](N1CCNCC1)[C@H]2Oc1ccc(S(=O)(=O)NCC(N=[N+]=[N-])C(=O)C(CCC(=O)CCC=O)N=[N+]=[N-])cc1. The van der Waals surface area contributed by atoms with E-state index in [2.05, 4.69) is 41.1 Å². The zero-order valence-electron chi connectivity index (χ0n) is 25.7. The summed E-state index contributed by atoms with van der Waals surface area (Å²) in [6.07, 6.45) is 0.324. The maximum absolute atomic E-state index is 13.1. The summed E-state index contributed by atoms with van der Waals surface area (Å²) in [5, 5.41) is 20.3. The van der Waals surface area contributed by atoms with Gasteiger partial charge in [0.1, 0.15) is 30.0 Å². The number of nitrogens with zero attached hydrogens (tertiary/aromatic N) is 8. The number of azide groups is 2. The number of halogens is 1. The summed E-state index contributed by atoms with van der Waals surface area (Å²) in [5.74, 6) is -0.808. The van der Waals surface area contributed by atoms with Crippen LogP contribution in [0.3, 0.4) is 0 Å². The first-order valence-corrected chi connectivity index (χ1v) is 17.0. The van der Waals surface area contributed by atoms with E-state index in [1.54, 1.807) is 12.1 Å². The molecule has 1 heterocycles. The molecular formula is C30H33ClN10O6S. The van der Waals surface area contributed by atoms with Crippen LogP contribution in [-0.4, -0.2) is 82.0 Å². The highest BCUT2D eigenvalue weighted by molar-refractivity contribution is 7.89. The van der Waals surface area contributed by atoms with E-state index in [0.717, 1.165) is 37.3 Å². The van der Waals surface area contributed by atoms with Gasteiger partial charge >= 0.3 is 0 Å². The molecule has 0 saturated carbocycles. The maximum Gasteiger partial charge on any atom is 0.240 e. The summed E-state index contributed by atoms with van der Waals surface area (Å²) in [6.45, 7) is 2.57. The lowest BCUT2D eigenvalue weighted by molar-refractivity contribution is -0.122. The minimum Gasteiger partial charge on any atom is -0.484 e. The van der Waals surface area contributed by atoms with Gasteiger partial charge in [-0.3, -0.25) is 14.5 Å². The normalized spacial score (nSPS) is 18.7. The Morgan fingerprint density at radius 2 is 1.83 bits per heavy atom. The van der Waals surface area contributed by atoms with Crippen molar-refractivity contribution in [1.82, 2.24) is 14.9 Å². The fourth-order valence-corrected chi connectivity index (χ4v) is 7.06. The van der Waals surface area contributed by atoms with Gasteiger partial charge < -0.3 is 14.8 Å². The lowest BCUT2D eigenvalue weighted by Crippen LogP contribution is -2.50. The van der Waals surface area contributed by atoms with E-state index < -0.39 is 40.5 Å². The Labute approximate surface area is 281 Å². The maximum atomic E-state index is 13.1. The van der Waals surface area contributed by atoms with Crippen molar-refractivity contribution in [2.45, 2.75) is 61.2 Å². The van der Waals surface area contributed by atoms with Crippen LogP contribution in [0.4, 0.5) is 0 Å². The van der Waals surface area contributed by atoms with E-state index in [-0.39, 0.29) is 42.4 Å². The Morgan fingerprint density at radius 3 is 2.48 bits per heavy atom. The highest BCUT2D eigenvalue weighted by Gasteiger charge is 2.40. The Kier molecular flexibility index (Phi) is 12.9. The molecule has 1 fully saturated rings. The van der Waals surface area contributed by atoms with E-state index in [0.29, 0.717) is 29.0 Å². The smallest absolute Gasteiger partial charge is 0.240 e. The fraction of sp³-hybridized carbons (Fsp3) is 0.467. The number of Topliss-reactive ketones (excluding diaryl/α,β-unsaturated/α-hetero) is 2. The molecule has 0 amide bonds. The molecule has 4 atom stereocenters. The third-order valence-electron chi connectivity index (χ3n) is 8.20. The van der Waals surface area contributed by atoms with E-state index >= 15 is 0 Å².